The number of carbonyl (C=O) groups excluding carboxylic acids is 1. The molecule has 0 atom stereocenters. The molecule has 0 radical (unpaired) electrons. The minimum Gasteiger partial charge on any atom is -0.495 e. The highest BCUT2D eigenvalue weighted by Crippen LogP contribution is 2.23. The fourth-order valence-corrected chi connectivity index (χ4v) is 3.00. The lowest BCUT2D eigenvalue weighted by atomic mass is 10.0. The zero-order valence-corrected chi connectivity index (χ0v) is 17.4. The van der Waals surface area contributed by atoms with Crippen molar-refractivity contribution in [3.8, 4) is 16.9 Å². The van der Waals surface area contributed by atoms with E-state index in [4.69, 9.17) is 4.74 Å². The van der Waals surface area contributed by atoms with E-state index in [1.54, 1.807) is 47.7 Å². The van der Waals surface area contributed by atoms with Crippen LogP contribution in [-0.4, -0.2) is 37.7 Å². The number of halogens is 1. The molecule has 0 saturated carbocycles. The van der Waals surface area contributed by atoms with Crippen molar-refractivity contribution in [1.29, 1.82) is 0 Å². The zero-order valence-electron chi connectivity index (χ0n) is 17.4. The van der Waals surface area contributed by atoms with Gasteiger partial charge < -0.3 is 15.4 Å². The minimum absolute atomic E-state index is 0.117. The summed E-state index contributed by atoms with van der Waals surface area (Å²) in [5.41, 5.74) is 2.77. The lowest BCUT2D eigenvalue weighted by molar-refractivity contribution is -0.115. The predicted octanol–water partition coefficient (Wildman–Crippen LogP) is 3.34. The van der Waals surface area contributed by atoms with Crippen LogP contribution >= 0.6 is 0 Å². The van der Waals surface area contributed by atoms with E-state index in [9.17, 15) is 9.18 Å². The Balaban J connectivity index is 1.41. The Hall–Kier alpha value is -4.34. The summed E-state index contributed by atoms with van der Waals surface area (Å²) >= 11 is 0. The second kappa shape index (κ2) is 9.21. The van der Waals surface area contributed by atoms with Gasteiger partial charge in [0.15, 0.2) is 0 Å². The van der Waals surface area contributed by atoms with Gasteiger partial charge in [-0.25, -0.2) is 14.4 Å². The number of nitrogens with zero attached hydrogens (tertiary/aromatic N) is 5. The van der Waals surface area contributed by atoms with Crippen LogP contribution in [-0.2, 0) is 18.3 Å². The molecule has 162 valence electrons. The van der Waals surface area contributed by atoms with Gasteiger partial charge in [-0.15, -0.1) is 0 Å². The zero-order chi connectivity index (χ0) is 22.5. The highest BCUT2D eigenvalue weighted by Gasteiger charge is 2.11. The van der Waals surface area contributed by atoms with Crippen molar-refractivity contribution in [3.05, 3.63) is 72.8 Å². The molecule has 3 aromatic heterocycles. The lowest BCUT2D eigenvalue weighted by Gasteiger charge is -2.09. The number of ether oxygens (including phenoxy) is 1. The molecule has 0 unspecified atom stereocenters. The summed E-state index contributed by atoms with van der Waals surface area (Å²) < 4.78 is 21.4. The first-order valence-electron chi connectivity index (χ1n) is 9.65. The van der Waals surface area contributed by atoms with Crippen molar-refractivity contribution in [1.82, 2.24) is 24.7 Å². The molecule has 9 nitrogen and oxygen atoms in total. The Bertz CT molecular complexity index is 1240. The summed E-state index contributed by atoms with van der Waals surface area (Å²) in [6.07, 6.45) is 9.56. The molecule has 4 aromatic rings. The van der Waals surface area contributed by atoms with E-state index in [1.165, 1.54) is 25.6 Å². The molecule has 0 aliphatic heterocycles. The molecule has 10 heteroatoms. The summed E-state index contributed by atoms with van der Waals surface area (Å²) in [5.74, 6) is 0.0737. The first-order valence-corrected chi connectivity index (χ1v) is 9.65. The van der Waals surface area contributed by atoms with Gasteiger partial charge in [0.05, 0.1) is 43.5 Å². The molecule has 0 bridgehead atoms. The number of rotatable bonds is 7. The Morgan fingerprint density at radius 1 is 1.06 bits per heavy atom. The average molecular weight is 433 g/mol. The molecule has 0 saturated heterocycles. The lowest BCUT2D eigenvalue weighted by Crippen LogP contribution is -2.15. The van der Waals surface area contributed by atoms with Crippen LogP contribution in [0.2, 0.25) is 0 Å². The number of benzene rings is 1. The Morgan fingerprint density at radius 3 is 2.56 bits per heavy atom. The Labute approximate surface area is 183 Å². The van der Waals surface area contributed by atoms with Crippen molar-refractivity contribution in [2.45, 2.75) is 6.42 Å². The van der Waals surface area contributed by atoms with Crippen molar-refractivity contribution in [2.24, 2.45) is 7.05 Å². The number of aryl methyl sites for hydroxylation is 1. The van der Waals surface area contributed by atoms with Crippen molar-refractivity contribution >= 4 is 23.2 Å². The topological polar surface area (TPSA) is 107 Å². The Kier molecular flexibility index (Phi) is 6.02. The molecular formula is C22H20FN7O2. The van der Waals surface area contributed by atoms with Crippen LogP contribution in [0.15, 0.2) is 61.4 Å². The molecule has 32 heavy (non-hydrogen) atoms. The summed E-state index contributed by atoms with van der Waals surface area (Å²) in [6.45, 7) is 0. The highest BCUT2D eigenvalue weighted by atomic mass is 19.1. The molecule has 4 rings (SSSR count). The Morgan fingerprint density at radius 2 is 1.88 bits per heavy atom. The van der Waals surface area contributed by atoms with E-state index < -0.39 is 5.82 Å². The number of nitrogens with one attached hydrogen (secondary N) is 2. The molecule has 0 aliphatic rings. The normalized spacial score (nSPS) is 10.6. The quantitative estimate of drug-likeness (QED) is 0.460. The molecule has 3 heterocycles. The molecule has 1 amide bonds. The van der Waals surface area contributed by atoms with Gasteiger partial charge in [0, 0.05) is 37.3 Å². The third-order valence-electron chi connectivity index (χ3n) is 4.58. The smallest absolute Gasteiger partial charge is 0.228 e. The highest BCUT2D eigenvalue weighted by molar-refractivity contribution is 5.92. The van der Waals surface area contributed by atoms with Gasteiger partial charge in [-0.2, -0.15) is 5.10 Å². The summed E-state index contributed by atoms with van der Waals surface area (Å²) in [4.78, 5) is 24.8. The van der Waals surface area contributed by atoms with Gasteiger partial charge in [-0.05, 0) is 17.2 Å². The number of aromatic nitrogens is 5. The van der Waals surface area contributed by atoms with Crippen LogP contribution in [0.4, 0.5) is 21.7 Å². The maximum absolute atomic E-state index is 14.6. The third-order valence-corrected chi connectivity index (χ3v) is 4.58. The first-order chi connectivity index (χ1) is 15.5. The van der Waals surface area contributed by atoms with Crippen molar-refractivity contribution in [3.63, 3.8) is 0 Å². The number of methoxy groups -OCH3 is 1. The predicted molar refractivity (Wildman–Crippen MR) is 117 cm³/mol. The van der Waals surface area contributed by atoms with Crippen LogP contribution < -0.4 is 15.4 Å². The average Bonchev–Trinajstić information content (AvgIpc) is 3.20. The number of pyridine rings is 1. The van der Waals surface area contributed by atoms with Gasteiger partial charge in [-0.3, -0.25) is 14.5 Å². The van der Waals surface area contributed by atoms with Gasteiger partial charge >= 0.3 is 0 Å². The van der Waals surface area contributed by atoms with E-state index in [1.807, 2.05) is 7.05 Å². The number of anilines is 3. The number of hydrogen-bond acceptors (Lipinski definition) is 7. The molecule has 1 aromatic carbocycles. The molecule has 0 spiro atoms. The summed E-state index contributed by atoms with van der Waals surface area (Å²) in [5, 5.41) is 9.79. The van der Waals surface area contributed by atoms with Crippen LogP contribution in [0.1, 0.15) is 5.56 Å². The largest absolute Gasteiger partial charge is 0.495 e. The maximum Gasteiger partial charge on any atom is 0.228 e. The fourth-order valence-electron chi connectivity index (χ4n) is 3.00. The van der Waals surface area contributed by atoms with Crippen LogP contribution in [0.5, 0.6) is 5.75 Å². The first kappa shape index (κ1) is 20.9. The minimum atomic E-state index is -0.487. The summed E-state index contributed by atoms with van der Waals surface area (Å²) in [6, 6.07) is 6.31. The van der Waals surface area contributed by atoms with Crippen LogP contribution in [0, 0.1) is 5.82 Å². The monoisotopic (exact) mass is 433 g/mol. The number of amides is 1. The van der Waals surface area contributed by atoms with E-state index in [-0.39, 0.29) is 17.9 Å². The van der Waals surface area contributed by atoms with E-state index in [0.717, 1.165) is 5.69 Å². The van der Waals surface area contributed by atoms with Crippen LogP contribution in [0.3, 0.4) is 0 Å². The number of carbonyl (C=O) groups is 1. The van der Waals surface area contributed by atoms with Gasteiger partial charge in [0.1, 0.15) is 11.6 Å². The second-order valence-corrected chi connectivity index (χ2v) is 6.97. The maximum atomic E-state index is 14.6. The van der Waals surface area contributed by atoms with Crippen LogP contribution in [0.25, 0.3) is 11.1 Å². The fraction of sp³-hybridized carbons (Fsp3) is 0.136. The molecular weight excluding hydrogens is 413 g/mol. The van der Waals surface area contributed by atoms with Gasteiger partial charge in [0.2, 0.25) is 11.9 Å². The van der Waals surface area contributed by atoms with Gasteiger partial charge in [0.25, 0.3) is 0 Å². The number of hydrogen-bond donors (Lipinski definition) is 2. The van der Waals surface area contributed by atoms with Crippen molar-refractivity contribution in [2.75, 3.05) is 17.7 Å². The third kappa shape index (κ3) is 5.04. The molecule has 2 N–H and O–H groups in total. The van der Waals surface area contributed by atoms with Crippen molar-refractivity contribution < 1.29 is 13.9 Å². The standard InChI is InChI=1S/C22H20FN7O2/c1-30-13-18(11-27-30)29-22-25-8-16(9-26-22)14-3-4-15(20(23)5-14)6-21(31)28-17-7-19(32-2)12-24-10-17/h3-5,7-13H,6H2,1-2H3,(H,28,31)(H,25,26,29). The molecule has 0 fully saturated rings. The second-order valence-electron chi connectivity index (χ2n) is 6.97. The molecule has 0 aliphatic carbocycles. The van der Waals surface area contributed by atoms with Gasteiger partial charge in [-0.1, -0.05) is 12.1 Å². The van der Waals surface area contributed by atoms with E-state index >= 15 is 0 Å². The SMILES string of the molecule is COc1cncc(NC(=O)Cc2ccc(-c3cnc(Nc4cnn(C)c4)nc3)cc2F)c1. The summed E-state index contributed by atoms with van der Waals surface area (Å²) in [7, 11) is 3.32. The van der Waals surface area contributed by atoms with E-state index in [0.29, 0.717) is 28.5 Å². The van der Waals surface area contributed by atoms with E-state index in [2.05, 4.69) is 30.7 Å².